The van der Waals surface area contributed by atoms with E-state index in [9.17, 15) is 9.18 Å². The van der Waals surface area contributed by atoms with Gasteiger partial charge in [-0.25, -0.2) is 14.2 Å². The molecule has 0 unspecified atom stereocenters. The van der Waals surface area contributed by atoms with Gasteiger partial charge in [-0.1, -0.05) is 6.07 Å². The maximum absolute atomic E-state index is 14.3. The molecule has 1 aliphatic rings. The molecule has 0 bridgehead atoms. The third-order valence-corrected chi connectivity index (χ3v) is 5.75. The topological polar surface area (TPSA) is 76.6 Å². The number of pyridine rings is 2. The van der Waals surface area contributed by atoms with Crippen LogP contribution in [0.25, 0.3) is 22.2 Å². The Bertz CT molecular complexity index is 1180. The maximum atomic E-state index is 14.3. The molecular weight excluding hydrogens is 435 g/mol. The first-order chi connectivity index (χ1) is 16.1. The summed E-state index contributed by atoms with van der Waals surface area (Å²) in [6.07, 6.45) is 2.87. The van der Waals surface area contributed by atoms with Gasteiger partial charge in [0.15, 0.2) is 0 Å². The van der Waals surface area contributed by atoms with Crippen molar-refractivity contribution in [3.63, 3.8) is 0 Å². The largest absolute Gasteiger partial charge is 0.481 e. The van der Waals surface area contributed by atoms with Crippen molar-refractivity contribution in [1.29, 1.82) is 0 Å². The lowest BCUT2D eigenvalue weighted by molar-refractivity contribution is 0.0497. The molecule has 1 aliphatic heterocycles. The van der Waals surface area contributed by atoms with Gasteiger partial charge in [0.1, 0.15) is 16.9 Å². The van der Waals surface area contributed by atoms with Crippen LogP contribution in [0.5, 0.6) is 5.88 Å². The average Bonchev–Trinajstić information content (AvgIpc) is 2.76. The van der Waals surface area contributed by atoms with E-state index in [-0.39, 0.29) is 11.9 Å². The number of hydrogen-bond acceptors (Lipinski definition) is 6. The van der Waals surface area contributed by atoms with Gasteiger partial charge in [-0.15, -0.1) is 0 Å². The minimum absolute atomic E-state index is 0.0153. The highest BCUT2D eigenvalue weighted by molar-refractivity contribution is 5.97. The highest BCUT2D eigenvalue weighted by Gasteiger charge is 2.27. The van der Waals surface area contributed by atoms with E-state index in [0.29, 0.717) is 24.5 Å². The molecule has 0 radical (unpaired) electrons. The second kappa shape index (κ2) is 9.44. The first kappa shape index (κ1) is 23.7. The molecule has 0 spiro atoms. The number of aromatic nitrogens is 2. The number of carbonyl (C=O) groups excluding carboxylic acids is 1. The summed E-state index contributed by atoms with van der Waals surface area (Å²) in [6, 6.07) is 8.65. The molecule has 1 fully saturated rings. The molecule has 8 heteroatoms. The van der Waals surface area contributed by atoms with Crippen LogP contribution in [-0.2, 0) is 4.74 Å². The maximum Gasteiger partial charge on any atom is 0.407 e. The number of nitrogens with one attached hydrogen (secondary N) is 1. The normalized spacial score (nSPS) is 14.8. The summed E-state index contributed by atoms with van der Waals surface area (Å²) in [4.78, 5) is 23.7. The Hall–Kier alpha value is -3.42. The Labute approximate surface area is 199 Å². The Morgan fingerprint density at radius 3 is 2.56 bits per heavy atom. The van der Waals surface area contributed by atoms with Gasteiger partial charge in [-0.3, -0.25) is 4.98 Å². The van der Waals surface area contributed by atoms with Crippen LogP contribution in [-0.4, -0.2) is 47.9 Å². The van der Waals surface area contributed by atoms with Crippen molar-refractivity contribution in [2.75, 3.05) is 25.1 Å². The van der Waals surface area contributed by atoms with Crippen LogP contribution in [0.3, 0.4) is 0 Å². The molecular formula is C26H31FN4O3. The van der Waals surface area contributed by atoms with Crippen LogP contribution in [0, 0.1) is 12.7 Å². The van der Waals surface area contributed by atoms with Crippen molar-refractivity contribution in [3.05, 3.63) is 47.9 Å². The zero-order chi connectivity index (χ0) is 24.5. The molecule has 180 valence electrons. The molecule has 0 aliphatic carbocycles. The van der Waals surface area contributed by atoms with Gasteiger partial charge in [0.25, 0.3) is 0 Å². The summed E-state index contributed by atoms with van der Waals surface area (Å²) in [6.45, 7) is 8.80. The number of anilines is 1. The predicted octanol–water partition coefficient (Wildman–Crippen LogP) is 5.25. The standard InChI is InChI=1S/C26H31FN4O3/c1-16-12-17(14-18(27)13-16)20-15-28-21-6-7-22(33-5)30-23(21)24(20)31-10-8-19(9-11-31)29-25(32)34-26(2,3)4/h6-7,12-15,19H,8-11H2,1-5H3,(H,29,32). The minimum Gasteiger partial charge on any atom is -0.481 e. The van der Waals surface area contributed by atoms with E-state index < -0.39 is 11.7 Å². The highest BCUT2D eigenvalue weighted by atomic mass is 19.1. The lowest BCUT2D eigenvalue weighted by atomic mass is 9.98. The van der Waals surface area contributed by atoms with Crippen molar-refractivity contribution in [2.24, 2.45) is 0 Å². The summed E-state index contributed by atoms with van der Waals surface area (Å²) in [5.41, 5.74) is 4.20. The number of benzene rings is 1. The predicted molar refractivity (Wildman–Crippen MR) is 131 cm³/mol. The number of fused-ring (bicyclic) bond motifs is 1. The smallest absolute Gasteiger partial charge is 0.407 e. The average molecular weight is 467 g/mol. The van der Waals surface area contributed by atoms with Gasteiger partial charge in [-0.05, 0) is 69.9 Å². The van der Waals surface area contributed by atoms with Crippen LogP contribution >= 0.6 is 0 Å². The Morgan fingerprint density at radius 2 is 1.91 bits per heavy atom. The zero-order valence-electron chi connectivity index (χ0n) is 20.3. The van der Waals surface area contributed by atoms with E-state index in [2.05, 4.69) is 15.2 Å². The number of halogens is 1. The number of carbonyl (C=O) groups is 1. The van der Waals surface area contributed by atoms with Gasteiger partial charge in [-0.2, -0.15) is 0 Å². The van der Waals surface area contributed by atoms with Crippen LogP contribution in [0.1, 0.15) is 39.2 Å². The number of ether oxygens (including phenoxy) is 2. The van der Waals surface area contributed by atoms with Gasteiger partial charge in [0, 0.05) is 37.0 Å². The van der Waals surface area contributed by atoms with E-state index in [4.69, 9.17) is 14.5 Å². The number of hydrogen-bond donors (Lipinski definition) is 1. The summed E-state index contributed by atoms with van der Waals surface area (Å²) in [7, 11) is 1.58. The molecule has 4 rings (SSSR count). The molecule has 1 amide bonds. The fraction of sp³-hybridized carbons (Fsp3) is 0.423. The Balaban J connectivity index is 1.67. The van der Waals surface area contributed by atoms with Crippen molar-refractivity contribution < 1.29 is 18.7 Å². The SMILES string of the molecule is COc1ccc2ncc(-c3cc(C)cc(F)c3)c(N3CCC(NC(=O)OC(C)(C)C)CC3)c2n1. The quantitative estimate of drug-likeness (QED) is 0.566. The lowest BCUT2D eigenvalue weighted by Gasteiger charge is -2.35. The van der Waals surface area contributed by atoms with Crippen molar-refractivity contribution >= 4 is 22.8 Å². The number of piperidine rings is 1. The third kappa shape index (κ3) is 5.38. The van der Waals surface area contributed by atoms with Gasteiger partial charge in [0.2, 0.25) is 5.88 Å². The number of rotatable bonds is 4. The van der Waals surface area contributed by atoms with Gasteiger partial charge >= 0.3 is 6.09 Å². The van der Waals surface area contributed by atoms with Crippen LogP contribution in [0.2, 0.25) is 0 Å². The second-order valence-corrected chi connectivity index (χ2v) is 9.67. The van der Waals surface area contributed by atoms with Gasteiger partial charge < -0.3 is 19.7 Å². The number of alkyl carbamates (subject to hydrolysis) is 1. The molecule has 7 nitrogen and oxygen atoms in total. The van der Waals surface area contributed by atoms with E-state index in [1.54, 1.807) is 19.4 Å². The molecule has 2 aromatic heterocycles. The summed E-state index contributed by atoms with van der Waals surface area (Å²) < 4.78 is 25.1. The van der Waals surface area contributed by atoms with E-state index in [1.165, 1.54) is 12.1 Å². The zero-order valence-corrected chi connectivity index (χ0v) is 20.3. The molecule has 34 heavy (non-hydrogen) atoms. The summed E-state index contributed by atoms with van der Waals surface area (Å²) in [5, 5.41) is 2.98. The molecule has 1 N–H and O–H groups in total. The molecule has 0 saturated carbocycles. The number of aryl methyl sites for hydroxylation is 1. The van der Waals surface area contributed by atoms with Crippen molar-refractivity contribution in [3.8, 4) is 17.0 Å². The third-order valence-electron chi connectivity index (χ3n) is 5.75. The molecule has 3 aromatic rings. The lowest BCUT2D eigenvalue weighted by Crippen LogP contribution is -2.46. The number of methoxy groups -OCH3 is 1. The Morgan fingerprint density at radius 1 is 1.18 bits per heavy atom. The van der Waals surface area contributed by atoms with E-state index in [1.807, 2.05) is 39.8 Å². The number of nitrogens with zero attached hydrogens (tertiary/aromatic N) is 3. The van der Waals surface area contributed by atoms with Crippen LogP contribution in [0.4, 0.5) is 14.9 Å². The molecule has 1 saturated heterocycles. The summed E-state index contributed by atoms with van der Waals surface area (Å²) >= 11 is 0. The Kier molecular flexibility index (Phi) is 6.59. The molecule has 3 heterocycles. The highest BCUT2D eigenvalue weighted by Crippen LogP contribution is 2.38. The summed E-state index contributed by atoms with van der Waals surface area (Å²) in [5.74, 6) is 0.199. The van der Waals surface area contributed by atoms with Gasteiger partial charge in [0.05, 0.1) is 18.3 Å². The van der Waals surface area contributed by atoms with Crippen molar-refractivity contribution in [1.82, 2.24) is 15.3 Å². The number of amides is 1. The fourth-order valence-corrected chi connectivity index (χ4v) is 4.29. The molecule has 0 atom stereocenters. The van der Waals surface area contributed by atoms with E-state index in [0.717, 1.165) is 40.7 Å². The monoisotopic (exact) mass is 466 g/mol. The van der Waals surface area contributed by atoms with E-state index >= 15 is 0 Å². The molecule has 1 aromatic carbocycles. The first-order valence-electron chi connectivity index (χ1n) is 11.5. The fourth-order valence-electron chi connectivity index (χ4n) is 4.29. The first-order valence-corrected chi connectivity index (χ1v) is 11.5. The van der Waals surface area contributed by atoms with Crippen LogP contribution < -0.4 is 15.0 Å². The van der Waals surface area contributed by atoms with Crippen LogP contribution in [0.15, 0.2) is 36.5 Å². The van der Waals surface area contributed by atoms with Crippen molar-refractivity contribution in [2.45, 2.75) is 52.2 Å². The second-order valence-electron chi connectivity index (χ2n) is 9.67. The minimum atomic E-state index is -0.538.